The van der Waals surface area contributed by atoms with Crippen LogP contribution in [0.25, 0.3) is 0 Å². The topological polar surface area (TPSA) is 35.5 Å². The van der Waals surface area contributed by atoms with E-state index in [1.807, 2.05) is 37.3 Å². The zero-order chi connectivity index (χ0) is 23.1. The minimum atomic E-state index is -2.47. The van der Waals surface area contributed by atoms with Gasteiger partial charge in [0.15, 0.2) is 0 Å². The Balaban J connectivity index is 1.92. The quantitative estimate of drug-likeness (QED) is 0.273. The van der Waals surface area contributed by atoms with E-state index in [1.54, 1.807) is 0 Å². The van der Waals surface area contributed by atoms with Crippen LogP contribution in [0.3, 0.4) is 0 Å². The maximum atomic E-state index is 11.9. The fraction of sp³-hybridized carbons (Fsp3) is 0.138. The molecule has 0 spiro atoms. The van der Waals surface area contributed by atoms with Crippen LogP contribution in [-0.2, 0) is 10.9 Å². The van der Waals surface area contributed by atoms with Gasteiger partial charge in [-0.1, -0.05) is 0 Å². The summed E-state index contributed by atoms with van der Waals surface area (Å²) in [5.74, 6) is 0.570. The number of benzene rings is 4. The van der Waals surface area contributed by atoms with Gasteiger partial charge in [-0.2, -0.15) is 0 Å². The molecule has 3 nitrogen and oxygen atoms in total. The Morgan fingerprint density at radius 3 is 1.85 bits per heavy atom. The van der Waals surface area contributed by atoms with Gasteiger partial charge >= 0.3 is 196 Å². The first-order chi connectivity index (χ1) is 16.2. The van der Waals surface area contributed by atoms with Crippen molar-refractivity contribution >= 4 is 29.1 Å². The van der Waals surface area contributed by atoms with E-state index in [4.69, 9.17) is 9.47 Å². The normalized spacial score (nSPS) is 11.6. The van der Waals surface area contributed by atoms with Gasteiger partial charge in [0.1, 0.15) is 0 Å². The van der Waals surface area contributed by atoms with E-state index in [2.05, 4.69) is 78.9 Å². The predicted molar refractivity (Wildman–Crippen MR) is 139 cm³/mol. The summed E-state index contributed by atoms with van der Waals surface area (Å²) in [6, 6.07) is 37.9. The summed E-state index contributed by atoms with van der Waals surface area (Å²) in [7, 11) is -1.07. The minimum absolute atomic E-state index is 0.319. The third-order valence-electron chi connectivity index (χ3n) is 6.02. The molecular formula is C29H29O3P. The molecule has 168 valence electrons. The van der Waals surface area contributed by atoms with E-state index in [1.165, 1.54) is 28.6 Å². The van der Waals surface area contributed by atoms with Crippen LogP contribution >= 0.6 is 7.26 Å². The predicted octanol–water partition coefficient (Wildman–Crippen LogP) is 5.10. The van der Waals surface area contributed by atoms with Crippen molar-refractivity contribution in [2.24, 2.45) is 0 Å². The molecule has 0 fully saturated rings. The summed E-state index contributed by atoms with van der Waals surface area (Å²) in [4.78, 5) is 11.9. The van der Waals surface area contributed by atoms with Gasteiger partial charge in [0.2, 0.25) is 0 Å². The number of hydrogen-bond donors (Lipinski definition) is 0. The monoisotopic (exact) mass is 456 g/mol. The zero-order valence-corrected chi connectivity index (χ0v) is 20.0. The Kier molecular flexibility index (Phi) is 7.22. The van der Waals surface area contributed by atoms with Gasteiger partial charge in [-0.25, -0.2) is 0 Å². The van der Waals surface area contributed by atoms with Crippen molar-refractivity contribution in [1.29, 1.82) is 0 Å². The van der Waals surface area contributed by atoms with Gasteiger partial charge < -0.3 is 0 Å². The molecule has 0 radical (unpaired) electrons. The van der Waals surface area contributed by atoms with E-state index < -0.39 is 7.26 Å². The van der Waals surface area contributed by atoms with Crippen molar-refractivity contribution in [3.8, 4) is 5.75 Å². The van der Waals surface area contributed by atoms with Crippen LogP contribution < -0.4 is 20.7 Å². The standard InChI is InChI=1S/C29H29O3P/c1-3-32-25-11-10-16-28(21-25)33(26-12-6-4-7-13-26,27-14-8-5-9-15-27)22-23-17-19-24(20-18-23)29(30)31-2/h4-21,33H,3,22H2,1-2H3. The first-order valence-electron chi connectivity index (χ1n) is 11.2. The summed E-state index contributed by atoms with van der Waals surface area (Å²) in [6.07, 6.45) is 0.859. The summed E-state index contributed by atoms with van der Waals surface area (Å²) < 4.78 is 10.8. The number of carbonyl (C=O) groups is 1. The van der Waals surface area contributed by atoms with Crippen LogP contribution in [0, 0.1) is 0 Å². The maximum absolute atomic E-state index is 11.9. The summed E-state index contributed by atoms with van der Waals surface area (Å²) in [5, 5.41) is 3.96. The Labute approximate surface area is 196 Å². The van der Waals surface area contributed by atoms with Gasteiger partial charge in [-0.05, 0) is 0 Å². The summed E-state index contributed by atoms with van der Waals surface area (Å²) in [5.41, 5.74) is 1.75. The van der Waals surface area contributed by atoms with Gasteiger partial charge in [0, 0.05) is 0 Å². The SMILES string of the molecule is CCOc1cccc([PH](Cc2ccc(C(=O)OC)cc2)(c2ccccc2)c2ccccc2)c1. The molecule has 0 amide bonds. The first kappa shape index (κ1) is 22.8. The molecule has 33 heavy (non-hydrogen) atoms. The number of hydrogen-bond acceptors (Lipinski definition) is 3. The van der Waals surface area contributed by atoms with Gasteiger partial charge in [0.25, 0.3) is 0 Å². The molecule has 4 aromatic rings. The Morgan fingerprint density at radius 1 is 0.727 bits per heavy atom. The molecule has 0 heterocycles. The molecule has 0 unspecified atom stereocenters. The molecule has 0 aliphatic heterocycles. The Morgan fingerprint density at radius 2 is 1.30 bits per heavy atom. The van der Waals surface area contributed by atoms with Crippen molar-refractivity contribution in [1.82, 2.24) is 0 Å². The number of ether oxygens (including phenoxy) is 2. The third-order valence-corrected chi connectivity index (χ3v) is 10.9. The van der Waals surface area contributed by atoms with Gasteiger partial charge in [0.05, 0.1) is 0 Å². The molecule has 0 N–H and O–H groups in total. The average Bonchev–Trinajstić information content (AvgIpc) is 2.88. The molecule has 4 heteroatoms. The number of methoxy groups -OCH3 is 1. The molecule has 0 aromatic heterocycles. The van der Waals surface area contributed by atoms with Crippen LogP contribution in [0.5, 0.6) is 5.75 Å². The molecule has 0 saturated carbocycles. The summed E-state index contributed by atoms with van der Waals surface area (Å²) in [6.45, 7) is 2.64. The average molecular weight is 457 g/mol. The van der Waals surface area contributed by atoms with Gasteiger partial charge in [-0.15, -0.1) is 0 Å². The van der Waals surface area contributed by atoms with E-state index in [0.29, 0.717) is 12.2 Å². The van der Waals surface area contributed by atoms with E-state index >= 15 is 0 Å². The van der Waals surface area contributed by atoms with Crippen LogP contribution in [0.4, 0.5) is 0 Å². The van der Waals surface area contributed by atoms with Crippen molar-refractivity contribution in [2.45, 2.75) is 13.1 Å². The van der Waals surface area contributed by atoms with Crippen molar-refractivity contribution in [2.75, 3.05) is 13.7 Å². The third kappa shape index (κ3) is 4.84. The van der Waals surface area contributed by atoms with Crippen molar-refractivity contribution in [3.63, 3.8) is 0 Å². The molecule has 4 rings (SSSR count). The van der Waals surface area contributed by atoms with Gasteiger partial charge in [-0.3, -0.25) is 0 Å². The Hall–Kier alpha value is -3.42. The summed E-state index contributed by atoms with van der Waals surface area (Å²) >= 11 is 0. The molecule has 0 aliphatic carbocycles. The first-order valence-corrected chi connectivity index (χ1v) is 13.4. The molecular weight excluding hydrogens is 427 g/mol. The second-order valence-electron chi connectivity index (χ2n) is 7.96. The van der Waals surface area contributed by atoms with E-state index in [0.717, 1.165) is 11.9 Å². The van der Waals surface area contributed by atoms with E-state index in [9.17, 15) is 4.79 Å². The van der Waals surface area contributed by atoms with Crippen LogP contribution in [0.15, 0.2) is 109 Å². The second kappa shape index (κ2) is 10.5. The molecule has 4 aromatic carbocycles. The Bertz CT molecular complexity index is 1150. The number of carbonyl (C=O) groups excluding carboxylic acids is 1. The fourth-order valence-corrected chi connectivity index (χ4v) is 9.21. The van der Waals surface area contributed by atoms with Crippen LogP contribution in [0.2, 0.25) is 0 Å². The van der Waals surface area contributed by atoms with Crippen LogP contribution in [0.1, 0.15) is 22.8 Å². The van der Waals surface area contributed by atoms with E-state index in [-0.39, 0.29) is 5.97 Å². The molecule has 0 aliphatic rings. The van der Waals surface area contributed by atoms with Crippen LogP contribution in [-0.4, -0.2) is 19.7 Å². The number of rotatable bonds is 8. The second-order valence-corrected chi connectivity index (χ2v) is 11.9. The molecule has 0 atom stereocenters. The molecule has 0 bridgehead atoms. The fourth-order valence-electron chi connectivity index (χ4n) is 4.45. The number of esters is 1. The van der Waals surface area contributed by atoms with Crippen molar-refractivity contribution < 1.29 is 14.3 Å². The van der Waals surface area contributed by atoms with Crippen molar-refractivity contribution in [3.05, 3.63) is 120 Å². The zero-order valence-electron chi connectivity index (χ0n) is 19.0. The molecule has 0 saturated heterocycles.